The molecule has 0 saturated carbocycles. The zero-order valence-electron chi connectivity index (χ0n) is 15.8. The average Bonchev–Trinajstić information content (AvgIpc) is 3.11. The van der Waals surface area contributed by atoms with Gasteiger partial charge in [0.1, 0.15) is 11.8 Å². The third-order valence-corrected chi connectivity index (χ3v) is 4.08. The van der Waals surface area contributed by atoms with Crippen LogP contribution in [0.5, 0.6) is 0 Å². The Balaban J connectivity index is 2.03. The van der Waals surface area contributed by atoms with Crippen molar-refractivity contribution in [3.05, 3.63) is 41.8 Å². The molecule has 0 radical (unpaired) electrons. The van der Waals surface area contributed by atoms with E-state index in [9.17, 15) is 14.4 Å². The standard InChI is InChI=1S/C19H23N3O6/c1-13-16(21-18(28-13)14-8-4-3-5-9-14)17(24)20-15(19(25)27-2)10-6-7-11-22(26)12-23/h3-5,8-9,12,15,26H,6-7,10-11H2,1-2H3,(H,20,24)/t15-/m0/s1. The lowest BCUT2D eigenvalue weighted by molar-refractivity contribution is -0.150. The number of nitrogens with zero attached hydrogens (tertiary/aromatic N) is 2. The molecule has 9 heteroatoms. The first-order valence-corrected chi connectivity index (χ1v) is 8.78. The Kier molecular flexibility index (Phi) is 7.70. The van der Waals surface area contributed by atoms with Gasteiger partial charge >= 0.3 is 5.97 Å². The second kappa shape index (κ2) is 10.2. The Morgan fingerprint density at radius 2 is 2.04 bits per heavy atom. The van der Waals surface area contributed by atoms with Gasteiger partial charge in [0.25, 0.3) is 5.91 Å². The molecule has 2 rings (SSSR count). The zero-order valence-corrected chi connectivity index (χ0v) is 15.8. The van der Waals surface area contributed by atoms with E-state index in [-0.39, 0.29) is 18.7 Å². The lowest BCUT2D eigenvalue weighted by Gasteiger charge is -2.16. The average molecular weight is 389 g/mol. The van der Waals surface area contributed by atoms with E-state index in [0.29, 0.717) is 36.0 Å². The number of benzene rings is 1. The smallest absolute Gasteiger partial charge is 0.328 e. The van der Waals surface area contributed by atoms with Gasteiger partial charge in [0.05, 0.1) is 7.11 Å². The summed E-state index contributed by atoms with van der Waals surface area (Å²) in [5.41, 5.74) is 0.827. The maximum Gasteiger partial charge on any atom is 0.328 e. The number of aryl methyl sites for hydroxylation is 1. The number of nitrogens with one attached hydrogen (secondary N) is 1. The Morgan fingerprint density at radius 3 is 2.68 bits per heavy atom. The van der Waals surface area contributed by atoms with Crippen molar-refractivity contribution in [3.63, 3.8) is 0 Å². The van der Waals surface area contributed by atoms with Gasteiger partial charge in [0, 0.05) is 12.1 Å². The Hall–Kier alpha value is -3.20. The Morgan fingerprint density at radius 1 is 1.32 bits per heavy atom. The molecule has 0 aliphatic heterocycles. The second-order valence-electron chi connectivity index (χ2n) is 6.10. The molecule has 0 saturated heterocycles. The number of hydrogen-bond donors (Lipinski definition) is 2. The van der Waals surface area contributed by atoms with E-state index in [2.05, 4.69) is 10.3 Å². The first kappa shape index (κ1) is 21.1. The van der Waals surface area contributed by atoms with Gasteiger partial charge in [-0.05, 0) is 38.3 Å². The number of carbonyl (C=O) groups excluding carboxylic acids is 3. The number of hydroxylamine groups is 2. The predicted molar refractivity (Wildman–Crippen MR) is 98.4 cm³/mol. The summed E-state index contributed by atoms with van der Waals surface area (Å²) in [6.45, 7) is 1.75. The van der Waals surface area contributed by atoms with Crippen molar-refractivity contribution in [3.8, 4) is 11.5 Å². The van der Waals surface area contributed by atoms with Crippen molar-refractivity contribution >= 4 is 18.3 Å². The van der Waals surface area contributed by atoms with Crippen LogP contribution >= 0.6 is 0 Å². The third-order valence-electron chi connectivity index (χ3n) is 4.08. The molecule has 0 aliphatic rings. The fourth-order valence-corrected chi connectivity index (χ4v) is 2.60. The summed E-state index contributed by atoms with van der Waals surface area (Å²) in [4.78, 5) is 39.2. The maximum absolute atomic E-state index is 12.6. The molecule has 150 valence electrons. The van der Waals surface area contributed by atoms with Gasteiger partial charge in [-0.1, -0.05) is 18.2 Å². The molecule has 28 heavy (non-hydrogen) atoms. The number of oxazole rings is 1. The minimum atomic E-state index is -0.878. The number of hydrogen-bond acceptors (Lipinski definition) is 7. The molecule has 9 nitrogen and oxygen atoms in total. The highest BCUT2D eigenvalue weighted by atomic mass is 16.5. The number of ether oxygens (including phenoxy) is 1. The summed E-state index contributed by atoms with van der Waals surface area (Å²) >= 11 is 0. The van der Waals surface area contributed by atoms with Gasteiger partial charge < -0.3 is 14.5 Å². The lowest BCUT2D eigenvalue weighted by atomic mass is 10.1. The minimum absolute atomic E-state index is 0.0928. The van der Waals surface area contributed by atoms with E-state index in [0.717, 1.165) is 5.56 Å². The highest BCUT2D eigenvalue weighted by molar-refractivity contribution is 5.96. The van der Waals surface area contributed by atoms with Gasteiger partial charge in [-0.25, -0.2) is 14.8 Å². The van der Waals surface area contributed by atoms with Crippen molar-refractivity contribution in [2.45, 2.75) is 32.2 Å². The van der Waals surface area contributed by atoms with Gasteiger partial charge in [0.15, 0.2) is 5.69 Å². The van der Waals surface area contributed by atoms with Crippen LogP contribution in [0.1, 0.15) is 35.5 Å². The van der Waals surface area contributed by atoms with E-state index >= 15 is 0 Å². The van der Waals surface area contributed by atoms with Crippen molar-refractivity contribution in [2.24, 2.45) is 0 Å². The highest BCUT2D eigenvalue weighted by Crippen LogP contribution is 2.21. The fraction of sp³-hybridized carbons (Fsp3) is 0.368. The normalized spacial score (nSPS) is 11.5. The lowest BCUT2D eigenvalue weighted by Crippen LogP contribution is -2.42. The molecule has 0 bridgehead atoms. The van der Waals surface area contributed by atoms with Crippen LogP contribution in [0.15, 0.2) is 34.7 Å². The fourth-order valence-electron chi connectivity index (χ4n) is 2.60. The number of aromatic nitrogens is 1. The number of esters is 1. The monoisotopic (exact) mass is 389 g/mol. The largest absolute Gasteiger partial charge is 0.467 e. The minimum Gasteiger partial charge on any atom is -0.467 e. The van der Waals surface area contributed by atoms with Crippen molar-refractivity contribution < 1.29 is 28.7 Å². The molecule has 1 heterocycles. The second-order valence-corrected chi connectivity index (χ2v) is 6.10. The van der Waals surface area contributed by atoms with Crippen LogP contribution in [-0.4, -0.2) is 53.2 Å². The molecule has 2 aromatic rings. The van der Waals surface area contributed by atoms with Gasteiger partial charge in [0.2, 0.25) is 12.3 Å². The third kappa shape index (κ3) is 5.65. The van der Waals surface area contributed by atoms with Crippen LogP contribution in [0.25, 0.3) is 11.5 Å². The molecule has 2 amide bonds. The summed E-state index contributed by atoms with van der Waals surface area (Å²) in [6, 6.07) is 8.28. The van der Waals surface area contributed by atoms with E-state index in [1.165, 1.54) is 7.11 Å². The topological polar surface area (TPSA) is 122 Å². The maximum atomic E-state index is 12.6. The van der Waals surface area contributed by atoms with Crippen LogP contribution in [0.2, 0.25) is 0 Å². The summed E-state index contributed by atoms with van der Waals surface area (Å²) in [7, 11) is 1.23. The first-order valence-electron chi connectivity index (χ1n) is 8.78. The van der Waals surface area contributed by atoms with E-state index in [4.69, 9.17) is 14.4 Å². The van der Waals surface area contributed by atoms with Crippen molar-refractivity contribution in [1.82, 2.24) is 15.4 Å². The van der Waals surface area contributed by atoms with Gasteiger partial charge in [-0.2, -0.15) is 0 Å². The van der Waals surface area contributed by atoms with Crippen molar-refractivity contribution in [2.75, 3.05) is 13.7 Å². The summed E-state index contributed by atoms with van der Waals surface area (Å²) in [6.07, 6.45) is 1.53. The van der Waals surface area contributed by atoms with E-state index < -0.39 is 17.9 Å². The molecule has 1 aromatic carbocycles. The number of rotatable bonds is 10. The number of carbonyl (C=O) groups is 3. The van der Waals surface area contributed by atoms with E-state index in [1.807, 2.05) is 30.3 Å². The summed E-state index contributed by atoms with van der Waals surface area (Å²) in [5.74, 6) is -0.485. The van der Waals surface area contributed by atoms with Gasteiger partial charge in [-0.15, -0.1) is 0 Å². The quantitative estimate of drug-likeness (QED) is 0.209. The molecule has 0 aliphatic carbocycles. The Labute approximate surface area is 162 Å². The summed E-state index contributed by atoms with van der Waals surface area (Å²) in [5, 5.41) is 12.2. The predicted octanol–water partition coefficient (Wildman–Crippen LogP) is 1.94. The molecule has 2 N–H and O–H groups in total. The Bertz CT molecular complexity index is 805. The highest BCUT2D eigenvalue weighted by Gasteiger charge is 2.25. The number of unbranched alkanes of at least 4 members (excludes halogenated alkanes) is 1. The molecular formula is C19H23N3O6. The first-order chi connectivity index (χ1) is 13.5. The zero-order chi connectivity index (χ0) is 20.5. The van der Waals surface area contributed by atoms with Crippen LogP contribution in [0.3, 0.4) is 0 Å². The van der Waals surface area contributed by atoms with Crippen molar-refractivity contribution in [1.29, 1.82) is 0 Å². The molecule has 0 unspecified atom stereocenters. The molecular weight excluding hydrogens is 366 g/mol. The van der Waals surface area contributed by atoms with E-state index in [1.54, 1.807) is 6.92 Å². The van der Waals surface area contributed by atoms with Crippen LogP contribution in [0, 0.1) is 6.92 Å². The molecule has 1 atom stereocenters. The number of amides is 2. The SMILES string of the molecule is COC(=O)[C@H](CCCCN(O)C=O)NC(=O)c1nc(-c2ccccc2)oc1C. The van der Waals surface area contributed by atoms with Gasteiger partial charge in [-0.3, -0.25) is 14.8 Å². The van der Waals surface area contributed by atoms with Crippen LogP contribution in [0.4, 0.5) is 0 Å². The van der Waals surface area contributed by atoms with Crippen LogP contribution < -0.4 is 5.32 Å². The molecule has 0 fully saturated rings. The molecule has 1 aromatic heterocycles. The summed E-state index contributed by atoms with van der Waals surface area (Å²) < 4.78 is 10.3. The molecule has 0 spiro atoms. The number of methoxy groups -OCH3 is 1. The van der Waals surface area contributed by atoms with Crippen LogP contribution in [-0.2, 0) is 14.3 Å².